The van der Waals surface area contributed by atoms with Crippen LogP contribution in [0.1, 0.15) is 75.6 Å². The fourth-order valence-electron chi connectivity index (χ4n) is 2.17. The Balaban J connectivity index is 2.56. The summed E-state index contributed by atoms with van der Waals surface area (Å²) in [7, 11) is 0. The molecule has 0 bridgehead atoms. The van der Waals surface area contributed by atoms with Crippen molar-refractivity contribution >= 4 is 0 Å². The predicted octanol–water partition coefficient (Wildman–Crippen LogP) is 4.07. The number of hydrogen-bond donors (Lipinski definition) is 2. The molecule has 1 aromatic rings. The van der Waals surface area contributed by atoms with Crippen molar-refractivity contribution in [2.45, 2.75) is 64.5 Å². The monoisotopic (exact) mass is 248 g/mol. The van der Waals surface area contributed by atoms with E-state index in [1.54, 1.807) is 0 Å². The van der Waals surface area contributed by atoms with Crippen molar-refractivity contribution in [2.24, 2.45) is 11.5 Å². The number of benzene rings is 1. The largest absolute Gasteiger partial charge is 0.324 e. The van der Waals surface area contributed by atoms with Gasteiger partial charge in [0.2, 0.25) is 0 Å². The minimum Gasteiger partial charge on any atom is -0.324 e. The summed E-state index contributed by atoms with van der Waals surface area (Å²) in [6.45, 7) is 4.39. The molecule has 0 aromatic heterocycles. The molecule has 2 nitrogen and oxygen atoms in total. The molecule has 0 amide bonds. The van der Waals surface area contributed by atoms with Gasteiger partial charge in [-0.1, -0.05) is 63.8 Å². The van der Waals surface area contributed by atoms with Gasteiger partial charge in [0.05, 0.1) is 0 Å². The zero-order valence-corrected chi connectivity index (χ0v) is 11.9. The average molecular weight is 248 g/mol. The molecule has 1 aromatic carbocycles. The van der Waals surface area contributed by atoms with E-state index >= 15 is 0 Å². The summed E-state index contributed by atoms with van der Waals surface area (Å²) in [6, 6.07) is 8.91. The van der Waals surface area contributed by atoms with E-state index in [1.807, 2.05) is 0 Å². The summed E-state index contributed by atoms with van der Waals surface area (Å²) < 4.78 is 0. The molecule has 18 heavy (non-hydrogen) atoms. The van der Waals surface area contributed by atoms with Crippen molar-refractivity contribution in [1.29, 1.82) is 0 Å². The first-order valence-corrected chi connectivity index (χ1v) is 7.30. The van der Waals surface area contributed by atoms with Gasteiger partial charge < -0.3 is 11.5 Å². The van der Waals surface area contributed by atoms with E-state index in [0.717, 1.165) is 12.8 Å². The van der Waals surface area contributed by atoms with Gasteiger partial charge in [-0.15, -0.1) is 0 Å². The summed E-state index contributed by atoms with van der Waals surface area (Å²) in [6.07, 6.45) is 6.93. The van der Waals surface area contributed by atoms with Crippen LogP contribution in [0.4, 0.5) is 0 Å². The van der Waals surface area contributed by atoms with Crippen LogP contribution in [0.25, 0.3) is 0 Å². The van der Waals surface area contributed by atoms with E-state index in [4.69, 9.17) is 11.5 Å². The Bertz CT molecular complexity index is 285. The molecule has 2 unspecified atom stereocenters. The average Bonchev–Trinajstić information content (AvgIpc) is 2.42. The van der Waals surface area contributed by atoms with E-state index in [-0.39, 0.29) is 12.1 Å². The number of nitrogens with two attached hydrogens (primary N) is 2. The summed E-state index contributed by atoms with van der Waals surface area (Å²) in [5, 5.41) is 0. The molecule has 0 aliphatic rings. The molecule has 4 N–H and O–H groups in total. The van der Waals surface area contributed by atoms with Crippen LogP contribution in [0.5, 0.6) is 0 Å². The molecular formula is C16H28N2. The van der Waals surface area contributed by atoms with E-state index in [9.17, 15) is 0 Å². The van der Waals surface area contributed by atoms with E-state index in [0.29, 0.717) is 0 Å². The minimum atomic E-state index is 0.172. The molecule has 0 heterocycles. The highest BCUT2D eigenvalue weighted by Crippen LogP contribution is 2.21. The van der Waals surface area contributed by atoms with E-state index in [2.05, 4.69) is 38.1 Å². The van der Waals surface area contributed by atoms with Gasteiger partial charge in [0.25, 0.3) is 0 Å². The maximum atomic E-state index is 6.16. The molecular weight excluding hydrogens is 220 g/mol. The Morgan fingerprint density at radius 3 is 1.39 bits per heavy atom. The Morgan fingerprint density at radius 2 is 1.11 bits per heavy atom. The maximum Gasteiger partial charge on any atom is 0.0294 e. The summed E-state index contributed by atoms with van der Waals surface area (Å²) in [4.78, 5) is 0. The number of rotatable bonds is 8. The highest BCUT2D eigenvalue weighted by Gasteiger charge is 2.08. The van der Waals surface area contributed by atoms with Crippen LogP contribution in [-0.2, 0) is 0 Å². The molecule has 0 aliphatic carbocycles. The molecule has 0 fully saturated rings. The topological polar surface area (TPSA) is 52.0 Å². The second kappa shape index (κ2) is 8.28. The standard InChI is InChI=1S/C16H28N2/c1-3-5-7-15(17)13-9-11-14(12-10-13)16(18)8-6-4-2/h9-12,15-16H,3-8,17-18H2,1-2H3. The van der Waals surface area contributed by atoms with Gasteiger partial charge >= 0.3 is 0 Å². The normalized spacial score (nSPS) is 14.4. The lowest BCUT2D eigenvalue weighted by molar-refractivity contribution is 0.596. The third-order valence-corrected chi connectivity index (χ3v) is 3.53. The molecule has 2 atom stereocenters. The Morgan fingerprint density at radius 1 is 0.778 bits per heavy atom. The highest BCUT2D eigenvalue weighted by atomic mass is 14.6. The molecule has 102 valence electrons. The first kappa shape index (κ1) is 15.2. The Labute approximate surface area is 112 Å². The summed E-state index contributed by atoms with van der Waals surface area (Å²) in [5.41, 5.74) is 14.8. The lowest BCUT2D eigenvalue weighted by atomic mass is 9.97. The number of unbranched alkanes of at least 4 members (excludes halogenated alkanes) is 2. The molecule has 1 rings (SSSR count). The first-order chi connectivity index (χ1) is 8.69. The van der Waals surface area contributed by atoms with Crippen LogP contribution in [0, 0.1) is 0 Å². The van der Waals surface area contributed by atoms with E-state index < -0.39 is 0 Å². The van der Waals surface area contributed by atoms with Crippen molar-refractivity contribution in [3.05, 3.63) is 35.4 Å². The lowest BCUT2D eigenvalue weighted by Gasteiger charge is -2.15. The van der Waals surface area contributed by atoms with Crippen molar-refractivity contribution in [3.63, 3.8) is 0 Å². The molecule has 0 saturated heterocycles. The molecule has 0 spiro atoms. The van der Waals surface area contributed by atoms with E-state index in [1.165, 1.54) is 36.8 Å². The van der Waals surface area contributed by atoms with Crippen molar-refractivity contribution < 1.29 is 0 Å². The smallest absolute Gasteiger partial charge is 0.0294 e. The van der Waals surface area contributed by atoms with Crippen LogP contribution in [0.3, 0.4) is 0 Å². The van der Waals surface area contributed by atoms with Crippen LogP contribution in [-0.4, -0.2) is 0 Å². The van der Waals surface area contributed by atoms with Gasteiger partial charge in [-0.25, -0.2) is 0 Å². The van der Waals surface area contributed by atoms with Crippen LogP contribution in [0.2, 0.25) is 0 Å². The van der Waals surface area contributed by atoms with Gasteiger partial charge in [-0.2, -0.15) is 0 Å². The van der Waals surface area contributed by atoms with Gasteiger partial charge in [0.15, 0.2) is 0 Å². The Hall–Kier alpha value is -0.860. The van der Waals surface area contributed by atoms with Gasteiger partial charge in [-0.05, 0) is 24.0 Å². The Kier molecular flexibility index (Phi) is 6.99. The molecule has 2 heteroatoms. The van der Waals surface area contributed by atoms with Gasteiger partial charge in [0.1, 0.15) is 0 Å². The predicted molar refractivity (Wildman–Crippen MR) is 79.3 cm³/mol. The highest BCUT2D eigenvalue weighted by molar-refractivity contribution is 5.26. The second-order valence-electron chi connectivity index (χ2n) is 5.16. The van der Waals surface area contributed by atoms with Crippen LogP contribution >= 0.6 is 0 Å². The zero-order chi connectivity index (χ0) is 13.4. The van der Waals surface area contributed by atoms with Crippen LogP contribution in [0.15, 0.2) is 24.3 Å². The maximum absolute atomic E-state index is 6.16. The fourth-order valence-corrected chi connectivity index (χ4v) is 2.17. The SMILES string of the molecule is CCCCC(N)c1ccc(C(N)CCCC)cc1. The van der Waals surface area contributed by atoms with Crippen LogP contribution < -0.4 is 11.5 Å². The third-order valence-electron chi connectivity index (χ3n) is 3.53. The third kappa shape index (κ3) is 4.79. The fraction of sp³-hybridized carbons (Fsp3) is 0.625. The molecule has 0 aliphatic heterocycles. The van der Waals surface area contributed by atoms with Gasteiger partial charge in [0, 0.05) is 12.1 Å². The zero-order valence-electron chi connectivity index (χ0n) is 11.9. The lowest BCUT2D eigenvalue weighted by Crippen LogP contribution is -2.12. The second-order valence-corrected chi connectivity index (χ2v) is 5.16. The van der Waals surface area contributed by atoms with Crippen molar-refractivity contribution in [1.82, 2.24) is 0 Å². The summed E-state index contributed by atoms with van der Waals surface area (Å²) in [5.74, 6) is 0. The number of hydrogen-bond acceptors (Lipinski definition) is 2. The molecule has 0 radical (unpaired) electrons. The molecule has 0 saturated carbocycles. The van der Waals surface area contributed by atoms with Crippen molar-refractivity contribution in [3.8, 4) is 0 Å². The minimum absolute atomic E-state index is 0.172. The van der Waals surface area contributed by atoms with Gasteiger partial charge in [-0.3, -0.25) is 0 Å². The van der Waals surface area contributed by atoms with Crippen molar-refractivity contribution in [2.75, 3.05) is 0 Å². The first-order valence-electron chi connectivity index (χ1n) is 7.30. The summed E-state index contributed by atoms with van der Waals surface area (Å²) >= 11 is 0. The quantitative estimate of drug-likeness (QED) is 0.728.